The molecule has 0 radical (unpaired) electrons. The van der Waals surface area contributed by atoms with E-state index in [-0.39, 0.29) is 11.8 Å². The molecule has 5 rings (SSSR count). The van der Waals surface area contributed by atoms with Crippen LogP contribution in [-0.2, 0) is 6.54 Å². The predicted molar refractivity (Wildman–Crippen MR) is 132 cm³/mol. The Kier molecular flexibility index (Phi) is 6.07. The van der Waals surface area contributed by atoms with Crippen molar-refractivity contribution in [3.05, 3.63) is 83.3 Å². The van der Waals surface area contributed by atoms with E-state index in [0.29, 0.717) is 22.8 Å². The smallest absolute Gasteiger partial charge is 0.261 e. The number of benzene rings is 2. The molecule has 34 heavy (non-hydrogen) atoms. The first-order valence-corrected chi connectivity index (χ1v) is 11.7. The van der Waals surface area contributed by atoms with Crippen molar-refractivity contribution in [2.75, 3.05) is 13.7 Å². The first-order valence-electron chi connectivity index (χ1n) is 11.3. The summed E-state index contributed by atoms with van der Waals surface area (Å²) >= 11 is 6.50. The molecule has 0 atom stereocenters. The van der Waals surface area contributed by atoms with Gasteiger partial charge in [0.05, 0.1) is 23.8 Å². The van der Waals surface area contributed by atoms with Gasteiger partial charge in [0.15, 0.2) is 0 Å². The van der Waals surface area contributed by atoms with Crippen molar-refractivity contribution in [3.8, 4) is 16.9 Å². The minimum atomic E-state index is -0.193. The minimum absolute atomic E-state index is 0.193. The summed E-state index contributed by atoms with van der Waals surface area (Å²) < 4.78 is 7.58. The van der Waals surface area contributed by atoms with Gasteiger partial charge in [-0.1, -0.05) is 35.9 Å². The van der Waals surface area contributed by atoms with Crippen molar-refractivity contribution < 1.29 is 14.3 Å². The first-order chi connectivity index (χ1) is 16.6. The van der Waals surface area contributed by atoms with Crippen molar-refractivity contribution >= 4 is 34.3 Å². The van der Waals surface area contributed by atoms with Crippen LogP contribution < -0.4 is 4.74 Å². The molecule has 6 nitrogen and oxygen atoms in total. The molecule has 0 bridgehead atoms. The second-order valence-electron chi connectivity index (χ2n) is 8.33. The lowest BCUT2D eigenvalue weighted by Gasteiger charge is -2.13. The van der Waals surface area contributed by atoms with E-state index in [2.05, 4.69) is 15.7 Å². The molecule has 0 fully saturated rings. The van der Waals surface area contributed by atoms with E-state index in [4.69, 9.17) is 16.3 Å². The molecule has 4 aromatic rings. The van der Waals surface area contributed by atoms with Gasteiger partial charge < -0.3 is 9.30 Å². The Morgan fingerprint density at radius 3 is 2.35 bits per heavy atom. The van der Waals surface area contributed by atoms with Crippen LogP contribution in [0.1, 0.15) is 40.0 Å². The van der Waals surface area contributed by atoms with Gasteiger partial charge in [0.25, 0.3) is 11.8 Å². The molecule has 0 aliphatic carbocycles. The number of amides is 2. The van der Waals surface area contributed by atoms with Gasteiger partial charge in [-0.3, -0.25) is 14.5 Å². The molecular formula is C27H24ClN3O3. The zero-order valence-corrected chi connectivity index (χ0v) is 19.6. The van der Waals surface area contributed by atoms with Crippen LogP contribution in [-0.4, -0.2) is 39.9 Å². The van der Waals surface area contributed by atoms with Gasteiger partial charge in [0, 0.05) is 36.4 Å². The molecule has 172 valence electrons. The average Bonchev–Trinajstić information content (AvgIpc) is 3.36. The molecule has 3 heterocycles. The number of carbonyl (C=O) groups excluding carboxylic acids is 2. The fourth-order valence-electron chi connectivity index (χ4n) is 4.57. The molecule has 2 aromatic carbocycles. The maximum absolute atomic E-state index is 12.5. The monoisotopic (exact) mass is 473 g/mol. The van der Waals surface area contributed by atoms with Crippen molar-refractivity contribution in [1.29, 1.82) is 0 Å². The number of unbranched alkanes of at least 4 members (excludes halogenated alkanes) is 2. The Bertz CT molecular complexity index is 1360. The van der Waals surface area contributed by atoms with E-state index >= 15 is 0 Å². The second-order valence-corrected chi connectivity index (χ2v) is 8.69. The first kappa shape index (κ1) is 22.2. The fourth-order valence-corrected chi connectivity index (χ4v) is 4.83. The van der Waals surface area contributed by atoms with Gasteiger partial charge in [0.2, 0.25) is 0 Å². The third-order valence-corrected chi connectivity index (χ3v) is 6.57. The highest BCUT2D eigenvalue weighted by molar-refractivity contribution is 6.35. The van der Waals surface area contributed by atoms with Crippen molar-refractivity contribution in [3.63, 3.8) is 0 Å². The highest BCUT2D eigenvalue weighted by Gasteiger charge is 2.34. The number of nitrogens with zero attached hydrogens (tertiary/aromatic N) is 3. The topological polar surface area (TPSA) is 64.4 Å². The van der Waals surface area contributed by atoms with Crippen LogP contribution in [0.15, 0.2) is 67.0 Å². The van der Waals surface area contributed by atoms with E-state index in [1.807, 2.05) is 30.3 Å². The lowest BCUT2D eigenvalue weighted by molar-refractivity contribution is 0.0651. The summed E-state index contributed by atoms with van der Waals surface area (Å²) in [6, 6.07) is 16.9. The van der Waals surface area contributed by atoms with Crippen molar-refractivity contribution in [2.45, 2.75) is 25.8 Å². The fraction of sp³-hybridized carbons (Fsp3) is 0.222. The third kappa shape index (κ3) is 3.94. The zero-order valence-electron chi connectivity index (χ0n) is 18.8. The third-order valence-electron chi connectivity index (χ3n) is 6.29. The Hall–Kier alpha value is -3.64. The van der Waals surface area contributed by atoms with E-state index in [0.717, 1.165) is 53.6 Å². The normalized spacial score (nSPS) is 13.1. The molecule has 0 unspecified atom stereocenters. The van der Waals surface area contributed by atoms with Gasteiger partial charge in [-0.2, -0.15) is 0 Å². The quantitative estimate of drug-likeness (QED) is 0.183. The average molecular weight is 474 g/mol. The van der Waals surface area contributed by atoms with E-state index in [1.165, 1.54) is 4.90 Å². The summed E-state index contributed by atoms with van der Waals surface area (Å²) in [5.74, 6) is 0.399. The Morgan fingerprint density at radius 1 is 0.882 bits per heavy atom. The Labute approximate surface area is 202 Å². The van der Waals surface area contributed by atoms with Gasteiger partial charge in [-0.05, 0) is 55.2 Å². The zero-order chi connectivity index (χ0) is 23.7. The summed E-state index contributed by atoms with van der Waals surface area (Å²) in [6.07, 6.45) is 6.39. The lowest BCUT2D eigenvalue weighted by Crippen LogP contribution is -2.30. The number of hydrogen-bond donors (Lipinski definition) is 0. The molecule has 0 saturated carbocycles. The van der Waals surface area contributed by atoms with Crippen LogP contribution >= 0.6 is 11.6 Å². The number of fused-ring (bicyclic) bond motifs is 2. The maximum atomic E-state index is 12.5. The number of hydrogen-bond acceptors (Lipinski definition) is 4. The van der Waals surface area contributed by atoms with Crippen LogP contribution in [0, 0.1) is 0 Å². The molecule has 1 aliphatic rings. The van der Waals surface area contributed by atoms with Crippen LogP contribution in [0.5, 0.6) is 5.75 Å². The number of pyridine rings is 1. The van der Waals surface area contributed by atoms with Crippen LogP contribution in [0.3, 0.4) is 0 Å². The Balaban J connectivity index is 1.27. The lowest BCUT2D eigenvalue weighted by atomic mass is 10.1. The largest absolute Gasteiger partial charge is 0.497 e. The number of methoxy groups -OCH3 is 1. The SMILES string of the molecule is COc1cccc(-c2cn(CCCCCN3C(=O)c4ccccc4C3=O)c3ccnc(Cl)c23)c1. The summed E-state index contributed by atoms with van der Waals surface area (Å²) in [5, 5.41) is 1.39. The molecule has 0 saturated heterocycles. The Morgan fingerprint density at radius 2 is 1.62 bits per heavy atom. The number of halogens is 1. The standard InChI is InChI=1S/C27H24ClN3O3/c1-34-19-9-7-8-18(16-19)22-17-30(23-12-13-29-25(28)24(22)23)14-5-2-6-15-31-26(32)20-10-3-4-11-21(20)27(31)33/h3-4,7-13,16-17H,2,5-6,14-15H2,1H3. The number of ether oxygens (including phenoxy) is 1. The van der Waals surface area contributed by atoms with E-state index in [1.54, 1.807) is 37.6 Å². The molecule has 7 heteroatoms. The van der Waals surface area contributed by atoms with Crippen molar-refractivity contribution in [2.24, 2.45) is 0 Å². The van der Waals surface area contributed by atoms with Crippen LogP contribution in [0.4, 0.5) is 0 Å². The molecule has 0 N–H and O–H groups in total. The molecule has 1 aliphatic heterocycles. The van der Waals surface area contributed by atoms with Crippen LogP contribution in [0.25, 0.3) is 22.0 Å². The van der Waals surface area contributed by atoms with Crippen LogP contribution in [0.2, 0.25) is 5.15 Å². The van der Waals surface area contributed by atoms with E-state index < -0.39 is 0 Å². The predicted octanol–water partition coefficient (Wildman–Crippen LogP) is 5.83. The number of rotatable bonds is 8. The minimum Gasteiger partial charge on any atom is -0.497 e. The summed E-state index contributed by atoms with van der Waals surface area (Å²) in [6.45, 7) is 1.23. The van der Waals surface area contributed by atoms with Gasteiger partial charge in [-0.25, -0.2) is 4.98 Å². The second kappa shape index (κ2) is 9.31. The number of carbonyl (C=O) groups is 2. The molecule has 2 amide bonds. The molecule has 2 aromatic heterocycles. The van der Waals surface area contributed by atoms with Gasteiger partial charge in [0.1, 0.15) is 10.9 Å². The highest BCUT2D eigenvalue weighted by atomic mass is 35.5. The van der Waals surface area contributed by atoms with Gasteiger partial charge >= 0.3 is 0 Å². The number of aryl methyl sites for hydroxylation is 1. The summed E-state index contributed by atoms with van der Waals surface area (Å²) in [5.41, 5.74) is 4.06. The number of aromatic nitrogens is 2. The summed E-state index contributed by atoms with van der Waals surface area (Å²) in [7, 11) is 1.65. The molecule has 0 spiro atoms. The molecular weight excluding hydrogens is 450 g/mol. The van der Waals surface area contributed by atoms with E-state index in [9.17, 15) is 9.59 Å². The maximum Gasteiger partial charge on any atom is 0.261 e. The van der Waals surface area contributed by atoms with Crippen molar-refractivity contribution in [1.82, 2.24) is 14.5 Å². The highest BCUT2D eigenvalue weighted by Crippen LogP contribution is 2.36. The van der Waals surface area contributed by atoms with Gasteiger partial charge in [-0.15, -0.1) is 0 Å². The number of imide groups is 1. The summed E-state index contributed by atoms with van der Waals surface area (Å²) in [4.78, 5) is 30.7.